The molecule has 0 unspecified atom stereocenters. The zero-order valence-corrected chi connectivity index (χ0v) is 16.6. The van der Waals surface area contributed by atoms with Crippen LogP contribution in [-0.4, -0.2) is 12.6 Å². The van der Waals surface area contributed by atoms with E-state index in [-0.39, 0.29) is 13.2 Å². The van der Waals surface area contributed by atoms with Gasteiger partial charge in [-0.3, -0.25) is 0 Å². The highest BCUT2D eigenvalue weighted by atomic mass is 79.9. The molecule has 0 bridgehead atoms. The maximum atomic E-state index is 12.0. The standard InChI is InChI=1S/C21H19BrO5/c1-13(2)14-3-6-17(7-4-14)25-12-21(24)26-11-15-9-20(23)27-19-10-16(22)5-8-18(15)19/h3-10,13H,11-12H2,1-2H3. The van der Waals surface area contributed by atoms with Gasteiger partial charge >= 0.3 is 11.6 Å². The van der Waals surface area contributed by atoms with Gasteiger partial charge in [0.1, 0.15) is 17.9 Å². The van der Waals surface area contributed by atoms with Gasteiger partial charge in [0.05, 0.1) is 0 Å². The summed E-state index contributed by atoms with van der Waals surface area (Å²) in [5.74, 6) is 0.524. The van der Waals surface area contributed by atoms with Crippen molar-refractivity contribution in [3.8, 4) is 5.75 Å². The van der Waals surface area contributed by atoms with Gasteiger partial charge in [-0.2, -0.15) is 0 Å². The van der Waals surface area contributed by atoms with Crippen molar-refractivity contribution in [3.63, 3.8) is 0 Å². The molecule has 140 valence electrons. The Morgan fingerprint density at radius 3 is 2.56 bits per heavy atom. The normalized spacial score (nSPS) is 11.0. The van der Waals surface area contributed by atoms with Crippen LogP contribution in [-0.2, 0) is 16.1 Å². The Labute approximate surface area is 165 Å². The van der Waals surface area contributed by atoms with Gasteiger partial charge in [0.25, 0.3) is 0 Å². The van der Waals surface area contributed by atoms with Gasteiger partial charge in [0.2, 0.25) is 0 Å². The summed E-state index contributed by atoms with van der Waals surface area (Å²) in [4.78, 5) is 23.7. The highest BCUT2D eigenvalue weighted by molar-refractivity contribution is 9.10. The molecule has 1 heterocycles. The largest absolute Gasteiger partial charge is 0.482 e. The van der Waals surface area contributed by atoms with Gasteiger partial charge in [-0.25, -0.2) is 9.59 Å². The molecule has 0 aliphatic rings. The van der Waals surface area contributed by atoms with E-state index in [1.807, 2.05) is 30.3 Å². The second-order valence-corrected chi connectivity index (χ2v) is 7.32. The Bertz CT molecular complexity index is 1010. The van der Waals surface area contributed by atoms with Gasteiger partial charge in [-0.15, -0.1) is 0 Å². The van der Waals surface area contributed by atoms with Crippen LogP contribution in [0.3, 0.4) is 0 Å². The molecule has 5 nitrogen and oxygen atoms in total. The van der Waals surface area contributed by atoms with Gasteiger partial charge in [-0.1, -0.05) is 41.9 Å². The Balaban J connectivity index is 1.61. The summed E-state index contributed by atoms with van der Waals surface area (Å²) in [6, 6.07) is 14.3. The summed E-state index contributed by atoms with van der Waals surface area (Å²) < 4.78 is 16.7. The third kappa shape index (κ3) is 4.98. The lowest BCUT2D eigenvalue weighted by molar-refractivity contribution is -0.147. The number of ether oxygens (including phenoxy) is 2. The average molecular weight is 431 g/mol. The number of carbonyl (C=O) groups is 1. The van der Waals surface area contributed by atoms with Crippen LogP contribution in [0.15, 0.2) is 62.2 Å². The summed E-state index contributed by atoms with van der Waals surface area (Å²) >= 11 is 3.33. The third-order valence-corrected chi connectivity index (χ3v) is 4.58. The highest BCUT2D eigenvalue weighted by Gasteiger charge is 2.10. The number of benzene rings is 2. The van der Waals surface area contributed by atoms with Crippen molar-refractivity contribution >= 4 is 32.9 Å². The third-order valence-electron chi connectivity index (χ3n) is 4.08. The summed E-state index contributed by atoms with van der Waals surface area (Å²) in [6.45, 7) is 3.99. The van der Waals surface area contributed by atoms with E-state index in [0.717, 1.165) is 9.86 Å². The lowest BCUT2D eigenvalue weighted by Gasteiger charge is -2.10. The number of carbonyl (C=O) groups excluding carboxylic acids is 1. The zero-order chi connectivity index (χ0) is 19.4. The van der Waals surface area contributed by atoms with Crippen LogP contribution in [0.5, 0.6) is 5.75 Å². The smallest absolute Gasteiger partial charge is 0.344 e. The maximum Gasteiger partial charge on any atom is 0.344 e. The predicted molar refractivity (Wildman–Crippen MR) is 106 cm³/mol. The van der Waals surface area contributed by atoms with E-state index in [0.29, 0.717) is 22.8 Å². The monoisotopic (exact) mass is 430 g/mol. The van der Waals surface area contributed by atoms with E-state index >= 15 is 0 Å². The Morgan fingerprint density at radius 2 is 1.85 bits per heavy atom. The van der Waals surface area contributed by atoms with E-state index in [4.69, 9.17) is 13.9 Å². The predicted octanol–water partition coefficient (Wildman–Crippen LogP) is 4.80. The second kappa shape index (κ2) is 8.39. The molecule has 0 radical (unpaired) electrons. The minimum Gasteiger partial charge on any atom is -0.482 e. The fourth-order valence-corrected chi connectivity index (χ4v) is 2.95. The van der Waals surface area contributed by atoms with E-state index in [1.54, 1.807) is 12.1 Å². The van der Waals surface area contributed by atoms with Crippen LogP contribution < -0.4 is 10.4 Å². The first-order valence-corrected chi connectivity index (χ1v) is 9.32. The molecule has 0 spiro atoms. The molecule has 2 aromatic carbocycles. The Hall–Kier alpha value is -2.60. The van der Waals surface area contributed by atoms with Crippen LogP contribution >= 0.6 is 15.9 Å². The van der Waals surface area contributed by atoms with E-state index in [2.05, 4.69) is 29.8 Å². The summed E-state index contributed by atoms with van der Waals surface area (Å²) in [5, 5.41) is 0.718. The first kappa shape index (κ1) is 19.2. The number of fused-ring (bicyclic) bond motifs is 1. The molecule has 3 aromatic rings. The molecule has 0 aliphatic carbocycles. The molecule has 3 rings (SSSR count). The van der Waals surface area contributed by atoms with E-state index in [1.165, 1.54) is 11.6 Å². The highest BCUT2D eigenvalue weighted by Crippen LogP contribution is 2.22. The number of hydrogen-bond donors (Lipinski definition) is 0. The van der Waals surface area contributed by atoms with Crippen LogP contribution in [0, 0.1) is 0 Å². The minimum atomic E-state index is -0.513. The molecule has 0 saturated heterocycles. The first-order valence-electron chi connectivity index (χ1n) is 8.53. The molecule has 1 aromatic heterocycles. The molecule has 6 heteroatoms. The molecule has 0 aliphatic heterocycles. The van der Waals surface area contributed by atoms with E-state index in [9.17, 15) is 9.59 Å². The van der Waals surface area contributed by atoms with Gasteiger partial charge in [0, 0.05) is 21.5 Å². The number of halogens is 1. The van der Waals surface area contributed by atoms with Crippen LogP contribution in [0.1, 0.15) is 30.9 Å². The lowest BCUT2D eigenvalue weighted by atomic mass is 10.0. The van der Waals surface area contributed by atoms with Gasteiger partial charge in [-0.05, 0) is 41.8 Å². The quantitative estimate of drug-likeness (QED) is 0.414. The molecule has 0 atom stereocenters. The zero-order valence-electron chi connectivity index (χ0n) is 15.0. The van der Waals surface area contributed by atoms with Crippen LogP contribution in [0.25, 0.3) is 11.0 Å². The molecule has 0 amide bonds. The van der Waals surface area contributed by atoms with Crippen molar-refractivity contribution in [2.45, 2.75) is 26.4 Å². The minimum absolute atomic E-state index is 0.0296. The Kier molecular flexibility index (Phi) is 5.96. The van der Waals surface area contributed by atoms with Crippen molar-refractivity contribution in [2.24, 2.45) is 0 Å². The molecule has 0 N–H and O–H groups in total. The Morgan fingerprint density at radius 1 is 1.11 bits per heavy atom. The van der Waals surface area contributed by atoms with Crippen LogP contribution in [0.2, 0.25) is 0 Å². The van der Waals surface area contributed by atoms with Crippen molar-refractivity contribution in [1.82, 2.24) is 0 Å². The fraction of sp³-hybridized carbons (Fsp3) is 0.238. The molecular formula is C21H19BrO5. The van der Waals surface area contributed by atoms with Gasteiger partial charge in [0.15, 0.2) is 6.61 Å². The van der Waals surface area contributed by atoms with Crippen molar-refractivity contribution in [2.75, 3.05) is 6.61 Å². The van der Waals surface area contributed by atoms with Crippen LogP contribution in [0.4, 0.5) is 0 Å². The molecular weight excluding hydrogens is 412 g/mol. The second-order valence-electron chi connectivity index (χ2n) is 6.40. The number of rotatable bonds is 6. The summed E-state index contributed by atoms with van der Waals surface area (Å²) in [7, 11) is 0. The number of hydrogen-bond acceptors (Lipinski definition) is 5. The average Bonchev–Trinajstić information content (AvgIpc) is 2.64. The van der Waals surface area contributed by atoms with Crippen molar-refractivity contribution in [3.05, 3.63) is 74.6 Å². The number of esters is 1. The van der Waals surface area contributed by atoms with Crippen molar-refractivity contribution in [1.29, 1.82) is 0 Å². The summed E-state index contributed by atoms with van der Waals surface area (Å²) in [5.41, 5.74) is 1.73. The topological polar surface area (TPSA) is 65.7 Å². The summed E-state index contributed by atoms with van der Waals surface area (Å²) in [6.07, 6.45) is 0. The maximum absolute atomic E-state index is 12.0. The van der Waals surface area contributed by atoms with E-state index < -0.39 is 11.6 Å². The lowest BCUT2D eigenvalue weighted by Crippen LogP contribution is -2.15. The molecule has 0 fully saturated rings. The fourth-order valence-electron chi connectivity index (χ4n) is 2.61. The SMILES string of the molecule is CC(C)c1ccc(OCC(=O)OCc2cc(=O)oc3cc(Br)ccc23)cc1. The van der Waals surface area contributed by atoms with Crippen molar-refractivity contribution < 1.29 is 18.7 Å². The van der Waals surface area contributed by atoms with Gasteiger partial charge < -0.3 is 13.9 Å². The molecule has 0 saturated carbocycles. The first-order chi connectivity index (χ1) is 12.9. The molecule has 27 heavy (non-hydrogen) atoms.